The van der Waals surface area contributed by atoms with E-state index in [-0.39, 0.29) is 42.5 Å². The molecule has 0 atom stereocenters. The molecule has 70 valence electrons. The second-order valence-electron chi connectivity index (χ2n) is 2.56. The Bertz CT molecular complexity index is 340. The van der Waals surface area contributed by atoms with E-state index in [0.717, 1.165) is 0 Å². The Morgan fingerprint density at radius 1 is 1.29 bits per heavy atom. The third-order valence-corrected chi connectivity index (χ3v) is 1.45. The van der Waals surface area contributed by atoms with Gasteiger partial charge in [-0.05, 0) is 24.3 Å². The van der Waals surface area contributed by atoms with Gasteiger partial charge in [-0.25, -0.2) is 4.79 Å². The molecule has 0 radical (unpaired) electrons. The number of rotatable bonds is 2. The molecule has 2 N–H and O–H groups in total. The third kappa shape index (κ3) is 3.91. The van der Waals surface area contributed by atoms with E-state index in [1.807, 2.05) is 0 Å². The van der Waals surface area contributed by atoms with Crippen LogP contribution in [-0.2, 0) is 4.79 Å². The number of amides is 1. The summed E-state index contributed by atoms with van der Waals surface area (Å²) in [6.45, 7) is 1.39. The summed E-state index contributed by atoms with van der Waals surface area (Å²) < 4.78 is 0. The van der Waals surface area contributed by atoms with Crippen LogP contribution in [0.1, 0.15) is 18.7 Å². The summed E-state index contributed by atoms with van der Waals surface area (Å²) >= 11 is 0. The van der Waals surface area contributed by atoms with Crippen LogP contribution in [0.3, 0.4) is 0 Å². The van der Waals surface area contributed by atoms with Gasteiger partial charge in [0, 0.05) is 12.6 Å². The molecule has 0 fully saturated rings. The summed E-state index contributed by atoms with van der Waals surface area (Å²) in [6, 6.07) is 5.97. The maximum Gasteiger partial charge on any atom is 1.00 e. The van der Waals surface area contributed by atoms with Gasteiger partial charge in [-0.3, -0.25) is 4.79 Å². The van der Waals surface area contributed by atoms with Crippen LogP contribution >= 0.6 is 0 Å². The van der Waals surface area contributed by atoms with E-state index < -0.39 is 5.97 Å². The minimum Gasteiger partial charge on any atom is -1.00 e. The summed E-state index contributed by atoms with van der Waals surface area (Å²) in [5.74, 6) is -1.16. The van der Waals surface area contributed by atoms with Gasteiger partial charge in [-0.15, -0.1) is 0 Å². The summed E-state index contributed by atoms with van der Waals surface area (Å²) in [5, 5.41) is 11.1. The molecule has 14 heavy (non-hydrogen) atoms. The van der Waals surface area contributed by atoms with Crippen molar-refractivity contribution in [3.05, 3.63) is 29.8 Å². The average molecular weight is 203 g/mol. The number of aromatic carboxylic acids is 1. The Kier molecular flexibility index (Phi) is 5.45. The number of hydrogen-bond acceptors (Lipinski definition) is 2. The Hall–Kier alpha value is -0.840. The topological polar surface area (TPSA) is 66.4 Å². The fourth-order valence-electron chi connectivity index (χ4n) is 0.899. The van der Waals surface area contributed by atoms with E-state index in [0.29, 0.717) is 5.69 Å². The second kappa shape index (κ2) is 5.80. The van der Waals surface area contributed by atoms with Crippen molar-refractivity contribution in [3.8, 4) is 0 Å². The van der Waals surface area contributed by atoms with E-state index in [1.165, 1.54) is 19.1 Å². The van der Waals surface area contributed by atoms with E-state index in [1.54, 1.807) is 12.1 Å². The van der Waals surface area contributed by atoms with Crippen molar-refractivity contribution in [2.24, 2.45) is 0 Å². The van der Waals surface area contributed by atoms with Crippen LogP contribution in [0.25, 0.3) is 0 Å². The van der Waals surface area contributed by atoms with Gasteiger partial charge in [-0.1, -0.05) is 0 Å². The average Bonchev–Trinajstić information content (AvgIpc) is 2.04. The van der Waals surface area contributed by atoms with Gasteiger partial charge in [-0.2, -0.15) is 0 Å². The second-order valence-corrected chi connectivity index (χ2v) is 2.56. The number of benzene rings is 1. The van der Waals surface area contributed by atoms with Crippen LogP contribution in [-0.4, -0.2) is 17.0 Å². The smallest absolute Gasteiger partial charge is 1.00 e. The van der Waals surface area contributed by atoms with Crippen molar-refractivity contribution in [2.45, 2.75) is 6.92 Å². The normalized spacial score (nSPS) is 8.64. The van der Waals surface area contributed by atoms with Crippen LogP contribution < -0.4 is 34.9 Å². The van der Waals surface area contributed by atoms with Crippen LogP contribution in [0, 0.1) is 0 Å². The molecular weight excluding hydrogens is 193 g/mol. The molecule has 0 bridgehead atoms. The quantitative estimate of drug-likeness (QED) is 0.572. The zero-order valence-electron chi connectivity index (χ0n) is 9.07. The molecule has 0 saturated heterocycles. The number of carboxylic acids is 1. The summed E-state index contributed by atoms with van der Waals surface area (Å²) in [4.78, 5) is 21.1. The molecule has 0 aliphatic heterocycles. The number of carbonyl (C=O) groups excluding carboxylic acids is 1. The molecule has 0 spiro atoms. The molecule has 0 saturated carbocycles. The summed E-state index contributed by atoms with van der Waals surface area (Å²) in [5.41, 5.74) is 0.798. The first kappa shape index (κ1) is 13.2. The number of hydrogen-bond donors (Lipinski definition) is 2. The molecule has 0 aromatic heterocycles. The van der Waals surface area contributed by atoms with E-state index in [9.17, 15) is 9.59 Å². The van der Waals surface area contributed by atoms with Gasteiger partial charge in [0.05, 0.1) is 5.56 Å². The summed E-state index contributed by atoms with van der Waals surface area (Å²) in [7, 11) is 0. The monoisotopic (exact) mass is 203 g/mol. The number of nitrogens with one attached hydrogen (secondary N) is 1. The first-order chi connectivity index (χ1) is 6.09. The molecule has 4 nitrogen and oxygen atoms in total. The predicted molar refractivity (Wildman–Crippen MR) is 48.8 cm³/mol. The maximum atomic E-state index is 10.6. The predicted octanol–water partition coefficient (Wildman–Crippen LogP) is -1.54. The van der Waals surface area contributed by atoms with E-state index in [4.69, 9.17) is 5.11 Å². The zero-order valence-corrected chi connectivity index (χ0v) is 10.1. The number of anilines is 1. The molecule has 0 heterocycles. The van der Waals surface area contributed by atoms with Crippen molar-refractivity contribution in [3.63, 3.8) is 0 Å². The summed E-state index contributed by atoms with van der Waals surface area (Å²) in [6.07, 6.45) is 0. The van der Waals surface area contributed by atoms with E-state index >= 15 is 0 Å². The first-order valence-electron chi connectivity index (χ1n) is 3.70. The number of carbonyl (C=O) groups is 2. The molecule has 0 aliphatic rings. The van der Waals surface area contributed by atoms with Gasteiger partial charge >= 0.3 is 35.5 Å². The van der Waals surface area contributed by atoms with Crippen molar-refractivity contribution in [2.75, 3.05) is 5.32 Å². The zero-order chi connectivity index (χ0) is 9.84. The van der Waals surface area contributed by atoms with Crippen LogP contribution in [0.5, 0.6) is 0 Å². The van der Waals surface area contributed by atoms with E-state index in [2.05, 4.69) is 5.32 Å². The molecular formula is C9H10NNaO3. The number of carboxylic acid groups (broad SMARTS) is 1. The Labute approximate surface area is 105 Å². The maximum absolute atomic E-state index is 10.6. The van der Waals surface area contributed by atoms with Crippen molar-refractivity contribution >= 4 is 17.6 Å². The Morgan fingerprint density at radius 2 is 1.79 bits per heavy atom. The third-order valence-electron chi connectivity index (χ3n) is 1.45. The minimum absolute atomic E-state index is 0. The molecule has 1 amide bonds. The molecule has 1 rings (SSSR count). The first-order valence-corrected chi connectivity index (χ1v) is 3.70. The Balaban J connectivity index is 0. The van der Waals surface area contributed by atoms with Gasteiger partial charge in [0.15, 0.2) is 0 Å². The van der Waals surface area contributed by atoms with Crippen LogP contribution in [0.15, 0.2) is 24.3 Å². The van der Waals surface area contributed by atoms with Gasteiger partial charge in [0.25, 0.3) is 0 Å². The van der Waals surface area contributed by atoms with Crippen LogP contribution in [0.4, 0.5) is 5.69 Å². The molecule has 1 aromatic carbocycles. The van der Waals surface area contributed by atoms with Gasteiger partial charge < -0.3 is 11.8 Å². The molecule has 0 unspecified atom stereocenters. The fourth-order valence-corrected chi connectivity index (χ4v) is 0.899. The largest absolute Gasteiger partial charge is 1.00 e. The fraction of sp³-hybridized carbons (Fsp3) is 0.111. The SMILES string of the molecule is CC(=O)Nc1ccc(C(=O)O)cc1.[H-].[Na+]. The van der Waals surface area contributed by atoms with Crippen LogP contribution in [0.2, 0.25) is 0 Å². The van der Waals surface area contributed by atoms with Gasteiger partial charge in [0.2, 0.25) is 5.91 Å². The Morgan fingerprint density at radius 3 is 2.14 bits per heavy atom. The van der Waals surface area contributed by atoms with Gasteiger partial charge in [0.1, 0.15) is 0 Å². The molecule has 0 aliphatic carbocycles. The minimum atomic E-state index is -0.977. The van der Waals surface area contributed by atoms with Crippen molar-refractivity contribution < 1.29 is 45.7 Å². The molecule has 1 aromatic rings. The van der Waals surface area contributed by atoms with Crippen molar-refractivity contribution in [1.29, 1.82) is 0 Å². The standard InChI is InChI=1S/C9H9NO3.Na.H/c1-6(11)10-8-4-2-7(3-5-8)9(12)13;;/h2-5H,1H3,(H,10,11)(H,12,13);;/q;+1;-1. The van der Waals surface area contributed by atoms with Crippen molar-refractivity contribution in [1.82, 2.24) is 0 Å². The molecule has 5 heteroatoms.